The molecule has 0 aliphatic carbocycles. The highest BCUT2D eigenvalue weighted by Gasteiger charge is 2.57. The van der Waals surface area contributed by atoms with Crippen LogP contribution in [0.5, 0.6) is 0 Å². The summed E-state index contributed by atoms with van der Waals surface area (Å²) in [6.07, 6.45) is -6.72. The number of aliphatic carboxylic acids is 1. The fourth-order valence-electron chi connectivity index (χ4n) is 7.93. The molecule has 0 radical (unpaired) electrons. The van der Waals surface area contributed by atoms with Crippen LogP contribution in [-0.2, 0) is 33.3 Å². The SMILES string of the molecule is CC(C)CCCCCCCCCC[C@H](O)CC(=O)O[C@H]1CN(C)[C@@H]([C@H](OC2OC(CN)C(O)C2O)C2OC(n3ccc(=O)[nH]c3=O)C(O)C2O)C(=O)N(C)[C@@H]1C(=O)O. The van der Waals surface area contributed by atoms with Gasteiger partial charge in [-0.25, -0.2) is 9.59 Å². The van der Waals surface area contributed by atoms with E-state index in [1.54, 1.807) is 0 Å². The molecule has 13 atom stereocenters. The van der Waals surface area contributed by atoms with Crippen LogP contribution in [0.25, 0.3) is 0 Å². The van der Waals surface area contributed by atoms with E-state index in [1.165, 1.54) is 37.6 Å². The van der Waals surface area contributed by atoms with Crippen LogP contribution < -0.4 is 17.0 Å². The number of hydrogen-bond acceptors (Lipinski definition) is 16. The minimum absolute atomic E-state index is 0.243. The van der Waals surface area contributed by atoms with Crippen molar-refractivity contribution in [1.82, 2.24) is 19.4 Å². The molecule has 1 aromatic rings. The van der Waals surface area contributed by atoms with E-state index in [9.17, 15) is 54.6 Å². The van der Waals surface area contributed by atoms with Crippen molar-refractivity contribution < 1.29 is 64.0 Å². The second-order valence-corrected chi connectivity index (χ2v) is 16.2. The summed E-state index contributed by atoms with van der Waals surface area (Å²) < 4.78 is 24.1. The first-order valence-corrected chi connectivity index (χ1v) is 20.2. The van der Waals surface area contributed by atoms with E-state index >= 15 is 0 Å². The first kappa shape index (κ1) is 47.4. The number of H-pyrrole nitrogens is 1. The smallest absolute Gasteiger partial charge is 0.330 e. The molecule has 8 unspecified atom stereocenters. The number of aliphatic hydroxyl groups excluding tert-OH is 5. The summed E-state index contributed by atoms with van der Waals surface area (Å²) in [5, 5.41) is 64.7. The van der Waals surface area contributed by atoms with Crippen molar-refractivity contribution in [3.05, 3.63) is 33.1 Å². The second-order valence-electron chi connectivity index (χ2n) is 16.2. The number of carbonyl (C=O) groups is 3. The van der Waals surface area contributed by atoms with Gasteiger partial charge in [0.05, 0.1) is 12.5 Å². The molecule has 9 N–H and O–H groups in total. The lowest BCUT2D eigenvalue weighted by molar-refractivity contribution is -0.233. The van der Waals surface area contributed by atoms with E-state index < -0.39 is 122 Å². The van der Waals surface area contributed by atoms with Crippen molar-refractivity contribution in [3.8, 4) is 0 Å². The highest BCUT2D eigenvalue weighted by atomic mass is 16.7. The third kappa shape index (κ3) is 11.9. The first-order chi connectivity index (χ1) is 27.5. The van der Waals surface area contributed by atoms with Crippen molar-refractivity contribution in [2.45, 2.75) is 164 Å². The highest BCUT2D eigenvalue weighted by Crippen LogP contribution is 2.36. The number of rotatable bonds is 21. The van der Waals surface area contributed by atoms with Gasteiger partial charge in [-0.05, 0) is 19.4 Å². The Balaban J connectivity index is 1.49. The molecule has 3 fully saturated rings. The standard InChI is InChI=1S/C38H63N5O15/c1-20(2)13-11-9-7-5-6-8-10-12-14-21(44)17-25(46)55-23-19-41(3)27(34(51)42(4)26(23)36(52)53)32(58-37-31(50)28(47)22(18-39)56-37)33-29(48)30(49)35(57-33)43-16-15-24(45)40-38(43)54/h15-16,20-23,26-33,35,37,44,47-50H,5-14,17-19,39H2,1-4H3,(H,52,53)(H,40,45,54)/t21-,22?,23-,26-,27-,28?,29?,30?,31?,32-,33?,35?,37?/m0/s1. The van der Waals surface area contributed by atoms with Gasteiger partial charge in [0.2, 0.25) is 5.91 Å². The first-order valence-electron chi connectivity index (χ1n) is 20.2. The molecule has 4 rings (SSSR count). The van der Waals surface area contributed by atoms with Crippen LogP contribution in [0.15, 0.2) is 21.9 Å². The Bertz CT molecular complexity index is 1610. The number of carboxylic acids is 1. The lowest BCUT2D eigenvalue weighted by atomic mass is 9.97. The Hall–Kier alpha value is -3.31. The molecule has 0 spiro atoms. The van der Waals surface area contributed by atoms with Crippen LogP contribution in [-0.4, -0.2) is 168 Å². The number of ether oxygens (including phenoxy) is 4. The van der Waals surface area contributed by atoms with Crippen LogP contribution in [0, 0.1) is 5.92 Å². The molecular formula is C38H63N5O15. The summed E-state index contributed by atoms with van der Waals surface area (Å²) in [5.41, 5.74) is 3.94. The molecule has 20 heteroatoms. The van der Waals surface area contributed by atoms with E-state index in [2.05, 4.69) is 13.8 Å². The van der Waals surface area contributed by atoms with Gasteiger partial charge in [0.25, 0.3) is 5.56 Å². The molecule has 3 aliphatic heterocycles. The summed E-state index contributed by atoms with van der Waals surface area (Å²) in [7, 11) is 2.54. The van der Waals surface area contributed by atoms with Crippen molar-refractivity contribution in [1.29, 1.82) is 0 Å². The number of carbonyl (C=O) groups excluding carboxylic acids is 2. The Kier molecular flexibility index (Phi) is 17.8. The molecule has 0 bridgehead atoms. The molecule has 0 saturated carbocycles. The molecule has 58 heavy (non-hydrogen) atoms. The number of unbranched alkanes of at least 4 members (excludes halogenated alkanes) is 7. The largest absolute Gasteiger partial charge is 0.480 e. The number of amides is 1. The number of aromatic amines is 1. The Morgan fingerprint density at radius 2 is 1.53 bits per heavy atom. The highest BCUT2D eigenvalue weighted by molar-refractivity contribution is 5.88. The van der Waals surface area contributed by atoms with Gasteiger partial charge in [-0.1, -0.05) is 71.6 Å². The third-order valence-electron chi connectivity index (χ3n) is 11.2. The van der Waals surface area contributed by atoms with Crippen molar-refractivity contribution in [2.75, 3.05) is 27.2 Å². The minimum atomic E-state index is -1.90. The van der Waals surface area contributed by atoms with E-state index in [0.29, 0.717) is 12.8 Å². The minimum Gasteiger partial charge on any atom is -0.480 e. The van der Waals surface area contributed by atoms with E-state index in [-0.39, 0.29) is 6.54 Å². The van der Waals surface area contributed by atoms with E-state index in [4.69, 9.17) is 24.7 Å². The number of nitrogens with zero attached hydrogens (tertiary/aromatic N) is 3. The van der Waals surface area contributed by atoms with Gasteiger partial charge >= 0.3 is 17.6 Å². The van der Waals surface area contributed by atoms with Crippen molar-refractivity contribution in [2.24, 2.45) is 11.7 Å². The fourth-order valence-corrected chi connectivity index (χ4v) is 7.93. The van der Waals surface area contributed by atoms with Gasteiger partial charge in [-0.15, -0.1) is 0 Å². The van der Waals surface area contributed by atoms with Gasteiger partial charge < -0.3 is 60.2 Å². The van der Waals surface area contributed by atoms with Crippen LogP contribution in [0.4, 0.5) is 0 Å². The zero-order valence-electron chi connectivity index (χ0n) is 33.7. The second kappa shape index (κ2) is 21.8. The number of carboxylic acid groups (broad SMARTS) is 1. The van der Waals surface area contributed by atoms with Gasteiger partial charge in [0.1, 0.15) is 54.9 Å². The number of esters is 1. The molecule has 4 heterocycles. The number of aromatic nitrogens is 2. The average Bonchev–Trinajstić information content (AvgIpc) is 3.56. The zero-order chi connectivity index (χ0) is 42.8. The predicted octanol–water partition coefficient (Wildman–Crippen LogP) is -1.61. The summed E-state index contributed by atoms with van der Waals surface area (Å²) in [6.45, 7) is 3.80. The number of hydrogen-bond donors (Lipinski definition) is 8. The summed E-state index contributed by atoms with van der Waals surface area (Å²) >= 11 is 0. The van der Waals surface area contributed by atoms with Crippen molar-refractivity contribution >= 4 is 17.8 Å². The maximum atomic E-state index is 14.3. The Morgan fingerprint density at radius 3 is 2.10 bits per heavy atom. The third-order valence-corrected chi connectivity index (χ3v) is 11.2. The summed E-state index contributed by atoms with van der Waals surface area (Å²) in [4.78, 5) is 68.6. The molecule has 20 nitrogen and oxygen atoms in total. The monoisotopic (exact) mass is 829 g/mol. The van der Waals surface area contributed by atoms with Crippen LogP contribution in [0.1, 0.15) is 90.7 Å². The number of nitrogens with two attached hydrogens (primary N) is 1. The fraction of sp³-hybridized carbons (Fsp3) is 0.816. The van der Waals surface area contributed by atoms with Crippen LogP contribution in [0.3, 0.4) is 0 Å². The lowest BCUT2D eigenvalue weighted by Crippen LogP contribution is -2.59. The van der Waals surface area contributed by atoms with Gasteiger partial charge in [0, 0.05) is 32.4 Å². The molecule has 3 saturated heterocycles. The normalized spacial score (nSPS) is 31.7. The molecule has 0 aromatic carbocycles. The number of nitrogens with one attached hydrogen (secondary N) is 1. The van der Waals surface area contributed by atoms with E-state index in [1.807, 2.05) is 4.98 Å². The van der Waals surface area contributed by atoms with Crippen LogP contribution >= 0.6 is 0 Å². The maximum Gasteiger partial charge on any atom is 0.330 e. The van der Waals surface area contributed by atoms with E-state index in [0.717, 1.165) is 60.4 Å². The summed E-state index contributed by atoms with van der Waals surface area (Å²) in [5.74, 6) is -2.63. The topological polar surface area (TPSA) is 297 Å². The summed E-state index contributed by atoms with van der Waals surface area (Å²) in [6, 6.07) is -2.37. The Labute approximate surface area is 336 Å². The molecule has 1 amide bonds. The predicted molar refractivity (Wildman–Crippen MR) is 204 cm³/mol. The molecular weight excluding hydrogens is 766 g/mol. The van der Waals surface area contributed by atoms with Gasteiger partial charge in [-0.3, -0.25) is 28.8 Å². The molecule has 1 aromatic heterocycles. The maximum absolute atomic E-state index is 14.3. The quantitative estimate of drug-likeness (QED) is 0.0511. The van der Waals surface area contributed by atoms with Crippen LogP contribution in [0.2, 0.25) is 0 Å². The zero-order valence-corrected chi connectivity index (χ0v) is 33.7. The number of aliphatic hydroxyl groups is 5. The average molecular weight is 830 g/mol. The number of likely N-dealkylation sites (N-methyl/N-ethyl adjacent to an activating group) is 2. The Morgan fingerprint density at radius 1 is 0.914 bits per heavy atom. The molecule has 3 aliphatic rings. The lowest BCUT2D eigenvalue weighted by Gasteiger charge is -2.38. The molecule has 330 valence electrons. The van der Waals surface area contributed by atoms with Gasteiger partial charge in [0.15, 0.2) is 18.6 Å². The van der Waals surface area contributed by atoms with Crippen molar-refractivity contribution in [3.63, 3.8) is 0 Å². The van der Waals surface area contributed by atoms with Gasteiger partial charge in [-0.2, -0.15) is 0 Å².